The molecule has 3 rings (SSSR count). The first-order valence-electron chi connectivity index (χ1n) is 7.01. The Hall–Kier alpha value is -0.0400. The molecule has 0 aromatic rings. The van der Waals surface area contributed by atoms with Crippen molar-refractivity contribution in [2.75, 3.05) is 0 Å². The molecule has 1 heteroatoms. The summed E-state index contributed by atoms with van der Waals surface area (Å²) in [5.74, 6) is 1.65. The van der Waals surface area contributed by atoms with Crippen LogP contribution in [0.1, 0.15) is 59.8 Å². The van der Waals surface area contributed by atoms with Crippen molar-refractivity contribution in [1.29, 1.82) is 0 Å². The first-order chi connectivity index (χ1) is 7.33. The van der Waals surface area contributed by atoms with E-state index in [2.05, 4.69) is 27.7 Å². The second-order valence-electron chi connectivity index (χ2n) is 7.82. The summed E-state index contributed by atoms with van der Waals surface area (Å²) in [5.41, 5.74) is 0.921. The lowest BCUT2D eigenvalue weighted by Crippen LogP contribution is -2.54. The minimum absolute atomic E-state index is 0.0917. The Morgan fingerprint density at radius 3 is 2.44 bits per heavy atom. The molecule has 3 saturated carbocycles. The molecule has 0 amide bonds. The number of rotatable bonds is 0. The molecular weight excluding hydrogens is 196 g/mol. The summed E-state index contributed by atoms with van der Waals surface area (Å²) < 4.78 is 0. The maximum absolute atomic E-state index is 10.7. The molecule has 16 heavy (non-hydrogen) atoms. The fourth-order valence-electron chi connectivity index (χ4n) is 5.93. The lowest BCUT2D eigenvalue weighted by molar-refractivity contribution is -0.138. The van der Waals surface area contributed by atoms with Gasteiger partial charge in [0.05, 0.1) is 6.10 Å². The van der Waals surface area contributed by atoms with Crippen LogP contribution in [-0.2, 0) is 0 Å². The SMILES string of the molecule is C[C@@H]1CC[C@H]2C(C)(C)[C@H](O)[C@@]3(C)CC[C@@]12C3. The van der Waals surface area contributed by atoms with Gasteiger partial charge < -0.3 is 5.11 Å². The molecule has 1 N–H and O–H groups in total. The molecule has 0 unspecified atom stereocenters. The molecule has 92 valence electrons. The third-order valence-electron chi connectivity index (χ3n) is 6.72. The van der Waals surface area contributed by atoms with E-state index in [4.69, 9.17) is 0 Å². The van der Waals surface area contributed by atoms with Gasteiger partial charge in [0.15, 0.2) is 0 Å². The van der Waals surface area contributed by atoms with Gasteiger partial charge in [-0.15, -0.1) is 0 Å². The zero-order valence-corrected chi connectivity index (χ0v) is 11.2. The Morgan fingerprint density at radius 2 is 1.75 bits per heavy atom. The highest BCUT2D eigenvalue weighted by atomic mass is 16.3. The van der Waals surface area contributed by atoms with Crippen LogP contribution in [-0.4, -0.2) is 11.2 Å². The van der Waals surface area contributed by atoms with Crippen molar-refractivity contribution < 1.29 is 5.11 Å². The van der Waals surface area contributed by atoms with Crippen LogP contribution in [0.3, 0.4) is 0 Å². The van der Waals surface area contributed by atoms with Crippen LogP contribution < -0.4 is 0 Å². The lowest BCUT2D eigenvalue weighted by Gasteiger charge is -2.55. The molecule has 0 aliphatic heterocycles. The normalized spacial score (nSPS) is 58.7. The molecule has 0 radical (unpaired) electrons. The van der Waals surface area contributed by atoms with Crippen molar-refractivity contribution in [1.82, 2.24) is 0 Å². The van der Waals surface area contributed by atoms with Gasteiger partial charge in [-0.25, -0.2) is 0 Å². The Kier molecular flexibility index (Phi) is 1.98. The maximum atomic E-state index is 10.7. The number of fused-ring (bicyclic) bond motifs is 1. The lowest BCUT2D eigenvalue weighted by atomic mass is 9.51. The first-order valence-corrected chi connectivity index (χ1v) is 7.01. The van der Waals surface area contributed by atoms with Gasteiger partial charge >= 0.3 is 0 Å². The van der Waals surface area contributed by atoms with Gasteiger partial charge in [0.1, 0.15) is 0 Å². The predicted octanol–water partition coefficient (Wildman–Crippen LogP) is 3.61. The summed E-state index contributed by atoms with van der Waals surface area (Å²) in [6.45, 7) is 9.42. The Morgan fingerprint density at radius 1 is 1.06 bits per heavy atom. The molecule has 3 aliphatic rings. The minimum Gasteiger partial charge on any atom is -0.392 e. The van der Waals surface area contributed by atoms with Crippen molar-refractivity contribution in [2.45, 2.75) is 65.9 Å². The summed E-state index contributed by atoms with van der Waals surface area (Å²) >= 11 is 0. The predicted molar refractivity (Wildman–Crippen MR) is 66.1 cm³/mol. The Balaban J connectivity index is 2.10. The van der Waals surface area contributed by atoms with Crippen molar-refractivity contribution in [3.05, 3.63) is 0 Å². The first kappa shape index (κ1) is 11.1. The minimum atomic E-state index is -0.0917. The van der Waals surface area contributed by atoms with Crippen molar-refractivity contribution in [3.8, 4) is 0 Å². The summed E-state index contributed by atoms with van der Waals surface area (Å²) in [4.78, 5) is 0. The highest BCUT2D eigenvalue weighted by Gasteiger charge is 2.67. The summed E-state index contributed by atoms with van der Waals surface area (Å²) in [6, 6.07) is 0. The van der Waals surface area contributed by atoms with Crippen LogP contribution in [0.4, 0.5) is 0 Å². The summed E-state index contributed by atoms with van der Waals surface area (Å²) in [5, 5.41) is 10.7. The number of hydrogen-bond donors (Lipinski definition) is 1. The summed E-state index contributed by atoms with van der Waals surface area (Å²) in [7, 11) is 0. The standard InChI is InChI=1S/C15H26O/c1-10-5-6-11-13(2,3)12(16)14(4)7-8-15(10,11)9-14/h10-12,16H,5-9H2,1-4H3/t10-,11+,12+,14+,15-/m1/s1. The van der Waals surface area contributed by atoms with Crippen molar-refractivity contribution >= 4 is 0 Å². The van der Waals surface area contributed by atoms with Gasteiger partial charge in [0, 0.05) is 0 Å². The van der Waals surface area contributed by atoms with Crippen LogP contribution in [0.5, 0.6) is 0 Å². The van der Waals surface area contributed by atoms with E-state index in [0.29, 0.717) is 5.41 Å². The quantitative estimate of drug-likeness (QED) is 0.664. The molecule has 5 atom stereocenters. The highest BCUT2D eigenvalue weighted by molar-refractivity contribution is 5.16. The monoisotopic (exact) mass is 222 g/mol. The largest absolute Gasteiger partial charge is 0.392 e. The van der Waals surface area contributed by atoms with E-state index in [-0.39, 0.29) is 16.9 Å². The zero-order valence-electron chi connectivity index (χ0n) is 11.2. The average Bonchev–Trinajstić information content (AvgIpc) is 2.69. The molecular formula is C15H26O. The van der Waals surface area contributed by atoms with E-state index in [1.807, 2.05) is 0 Å². The van der Waals surface area contributed by atoms with Gasteiger partial charge in [-0.05, 0) is 60.2 Å². The van der Waals surface area contributed by atoms with Gasteiger partial charge in [-0.2, -0.15) is 0 Å². The Labute approximate surface area is 99.6 Å². The topological polar surface area (TPSA) is 20.2 Å². The van der Waals surface area contributed by atoms with E-state index < -0.39 is 0 Å². The van der Waals surface area contributed by atoms with Gasteiger partial charge in [0.25, 0.3) is 0 Å². The van der Waals surface area contributed by atoms with Crippen LogP contribution in [0.25, 0.3) is 0 Å². The highest BCUT2D eigenvalue weighted by Crippen LogP contribution is 2.72. The third-order valence-corrected chi connectivity index (χ3v) is 6.72. The number of aliphatic hydroxyl groups excluding tert-OH is 1. The zero-order chi connectivity index (χ0) is 11.8. The van der Waals surface area contributed by atoms with E-state index >= 15 is 0 Å². The van der Waals surface area contributed by atoms with E-state index in [1.165, 1.54) is 32.1 Å². The second-order valence-corrected chi connectivity index (χ2v) is 7.82. The Bertz CT molecular complexity index is 321. The molecule has 0 aromatic carbocycles. The van der Waals surface area contributed by atoms with Crippen LogP contribution in [0.2, 0.25) is 0 Å². The smallest absolute Gasteiger partial charge is 0.0647 e. The van der Waals surface area contributed by atoms with Gasteiger partial charge in [-0.3, -0.25) is 0 Å². The molecule has 0 saturated heterocycles. The fourth-order valence-corrected chi connectivity index (χ4v) is 5.93. The molecule has 0 heterocycles. The van der Waals surface area contributed by atoms with Gasteiger partial charge in [0.2, 0.25) is 0 Å². The van der Waals surface area contributed by atoms with E-state index in [9.17, 15) is 5.11 Å². The molecule has 3 fully saturated rings. The molecule has 3 aliphatic carbocycles. The van der Waals surface area contributed by atoms with Crippen molar-refractivity contribution in [2.24, 2.45) is 28.1 Å². The van der Waals surface area contributed by atoms with E-state index in [0.717, 1.165) is 11.8 Å². The van der Waals surface area contributed by atoms with Crippen LogP contribution >= 0.6 is 0 Å². The molecule has 2 bridgehead atoms. The molecule has 0 aromatic heterocycles. The van der Waals surface area contributed by atoms with Crippen LogP contribution in [0.15, 0.2) is 0 Å². The van der Waals surface area contributed by atoms with Crippen LogP contribution in [0, 0.1) is 28.1 Å². The third kappa shape index (κ3) is 1.02. The van der Waals surface area contributed by atoms with Gasteiger partial charge in [-0.1, -0.05) is 27.7 Å². The average molecular weight is 222 g/mol. The maximum Gasteiger partial charge on any atom is 0.0647 e. The van der Waals surface area contributed by atoms with E-state index in [1.54, 1.807) is 0 Å². The molecule has 1 nitrogen and oxygen atoms in total. The summed E-state index contributed by atoms with van der Waals surface area (Å²) in [6.07, 6.45) is 6.55. The fraction of sp³-hybridized carbons (Fsp3) is 1.00. The molecule has 1 spiro atoms. The van der Waals surface area contributed by atoms with Crippen molar-refractivity contribution in [3.63, 3.8) is 0 Å². The number of hydrogen-bond acceptors (Lipinski definition) is 1. The number of aliphatic hydroxyl groups is 1. The second kappa shape index (κ2) is 2.85.